The highest BCUT2D eigenvalue weighted by atomic mass is 16.3. The molecular formula is C14H28O2. The third-order valence-electron chi connectivity index (χ3n) is 3.49. The fourth-order valence-electron chi connectivity index (χ4n) is 2.06. The summed E-state index contributed by atoms with van der Waals surface area (Å²) in [6, 6.07) is 0. The van der Waals surface area contributed by atoms with Crippen LogP contribution in [0.3, 0.4) is 0 Å². The molecule has 0 saturated heterocycles. The molecule has 0 rings (SSSR count). The summed E-state index contributed by atoms with van der Waals surface area (Å²) in [4.78, 5) is 0. The first-order valence-electron chi connectivity index (χ1n) is 6.48. The predicted octanol–water partition coefficient (Wildman–Crippen LogP) is 3.00. The van der Waals surface area contributed by atoms with E-state index in [1.54, 1.807) is 0 Å². The van der Waals surface area contributed by atoms with E-state index in [9.17, 15) is 5.11 Å². The molecule has 0 fully saturated rings. The largest absolute Gasteiger partial charge is 0.396 e. The molecule has 3 unspecified atom stereocenters. The number of allylic oxidation sites excluding steroid dienone is 1. The maximum absolute atomic E-state index is 9.21. The molecular weight excluding hydrogens is 200 g/mol. The molecule has 0 aromatic rings. The Hall–Kier alpha value is -0.340. The Morgan fingerprint density at radius 3 is 2.25 bits per heavy atom. The summed E-state index contributed by atoms with van der Waals surface area (Å²) in [5, 5.41) is 18.1. The smallest absolute Gasteiger partial charge is 0.0459 e. The molecule has 0 aromatic carbocycles. The van der Waals surface area contributed by atoms with E-state index < -0.39 is 0 Å². The van der Waals surface area contributed by atoms with E-state index in [-0.39, 0.29) is 13.2 Å². The molecule has 0 saturated carbocycles. The molecule has 0 bridgehead atoms. The second kappa shape index (κ2) is 9.86. The molecule has 0 aromatic heterocycles. The van der Waals surface area contributed by atoms with Crippen molar-refractivity contribution in [3.8, 4) is 0 Å². The molecule has 96 valence electrons. The van der Waals surface area contributed by atoms with E-state index in [0.29, 0.717) is 17.8 Å². The van der Waals surface area contributed by atoms with Gasteiger partial charge in [0.1, 0.15) is 0 Å². The molecule has 2 N–H and O–H groups in total. The van der Waals surface area contributed by atoms with Gasteiger partial charge in [0, 0.05) is 13.2 Å². The summed E-state index contributed by atoms with van der Waals surface area (Å²) in [5.74, 6) is 1.55. The van der Waals surface area contributed by atoms with Crippen LogP contribution >= 0.6 is 0 Å². The number of aliphatic hydroxyl groups excluding tert-OH is 2. The second-order valence-electron chi connectivity index (χ2n) is 4.98. The molecule has 2 heteroatoms. The Kier molecular flexibility index (Phi) is 9.65. The first-order valence-corrected chi connectivity index (χ1v) is 6.48. The Bertz CT molecular complexity index is 168. The minimum absolute atomic E-state index is 0.274. The first kappa shape index (κ1) is 15.7. The van der Waals surface area contributed by atoms with Gasteiger partial charge in [0.15, 0.2) is 0 Å². The van der Waals surface area contributed by atoms with Gasteiger partial charge in [-0.05, 0) is 43.4 Å². The normalized spacial score (nSPS) is 16.8. The van der Waals surface area contributed by atoms with Crippen molar-refractivity contribution in [2.45, 2.75) is 46.0 Å². The van der Waals surface area contributed by atoms with Crippen molar-refractivity contribution in [2.75, 3.05) is 13.2 Å². The van der Waals surface area contributed by atoms with Gasteiger partial charge in [-0.15, -0.1) is 6.58 Å². The average molecular weight is 228 g/mol. The van der Waals surface area contributed by atoms with Crippen molar-refractivity contribution < 1.29 is 10.2 Å². The van der Waals surface area contributed by atoms with Crippen LogP contribution in [0, 0.1) is 17.8 Å². The maximum atomic E-state index is 9.21. The monoisotopic (exact) mass is 228 g/mol. The van der Waals surface area contributed by atoms with Gasteiger partial charge in [-0.1, -0.05) is 26.3 Å². The maximum Gasteiger partial charge on any atom is 0.0459 e. The first-order chi connectivity index (χ1) is 7.65. The fourth-order valence-corrected chi connectivity index (χ4v) is 2.06. The van der Waals surface area contributed by atoms with E-state index in [0.717, 1.165) is 32.1 Å². The third-order valence-corrected chi connectivity index (χ3v) is 3.49. The standard InChI is InChI=1S/C14H28O2/c1-4-5-6-14(13(3)11-16)8-7-12(2)9-10-15/h4,12-16H,1,5-11H2,2-3H3. The topological polar surface area (TPSA) is 40.5 Å². The van der Waals surface area contributed by atoms with Crippen LogP contribution in [0.2, 0.25) is 0 Å². The lowest BCUT2D eigenvalue weighted by atomic mass is 9.84. The quantitative estimate of drug-likeness (QED) is 0.564. The van der Waals surface area contributed by atoms with Gasteiger partial charge in [-0.25, -0.2) is 0 Å². The van der Waals surface area contributed by atoms with Gasteiger partial charge in [0.05, 0.1) is 0 Å². The van der Waals surface area contributed by atoms with Crippen LogP contribution in [0.1, 0.15) is 46.0 Å². The number of hydrogen-bond donors (Lipinski definition) is 2. The molecule has 16 heavy (non-hydrogen) atoms. The van der Waals surface area contributed by atoms with Crippen LogP contribution < -0.4 is 0 Å². The van der Waals surface area contributed by atoms with Crippen molar-refractivity contribution in [3.63, 3.8) is 0 Å². The van der Waals surface area contributed by atoms with Crippen LogP contribution in [0.5, 0.6) is 0 Å². The van der Waals surface area contributed by atoms with E-state index in [2.05, 4.69) is 20.4 Å². The van der Waals surface area contributed by atoms with Gasteiger partial charge < -0.3 is 10.2 Å². The zero-order valence-corrected chi connectivity index (χ0v) is 10.9. The summed E-state index contributed by atoms with van der Waals surface area (Å²) < 4.78 is 0. The Morgan fingerprint density at radius 2 is 1.75 bits per heavy atom. The van der Waals surface area contributed by atoms with Crippen molar-refractivity contribution in [3.05, 3.63) is 12.7 Å². The molecule has 0 aliphatic carbocycles. The fraction of sp³-hybridized carbons (Fsp3) is 0.857. The predicted molar refractivity (Wildman–Crippen MR) is 69.3 cm³/mol. The van der Waals surface area contributed by atoms with Crippen LogP contribution in [0.25, 0.3) is 0 Å². The van der Waals surface area contributed by atoms with E-state index in [4.69, 9.17) is 5.11 Å². The lowest BCUT2D eigenvalue weighted by molar-refractivity contribution is 0.168. The summed E-state index contributed by atoms with van der Waals surface area (Å²) in [5.41, 5.74) is 0. The Balaban J connectivity index is 3.94. The Morgan fingerprint density at radius 1 is 1.06 bits per heavy atom. The van der Waals surface area contributed by atoms with Crippen LogP contribution in [-0.4, -0.2) is 23.4 Å². The third kappa shape index (κ3) is 7.02. The summed E-state index contributed by atoms with van der Waals surface area (Å²) in [6.45, 7) is 8.61. The second-order valence-corrected chi connectivity index (χ2v) is 4.98. The minimum atomic E-state index is 0.274. The lowest BCUT2D eigenvalue weighted by Crippen LogP contribution is -2.16. The van der Waals surface area contributed by atoms with Gasteiger partial charge in [-0.2, -0.15) is 0 Å². The summed E-state index contributed by atoms with van der Waals surface area (Å²) in [7, 11) is 0. The highest BCUT2D eigenvalue weighted by Crippen LogP contribution is 2.25. The van der Waals surface area contributed by atoms with Crippen LogP contribution in [0.4, 0.5) is 0 Å². The van der Waals surface area contributed by atoms with Crippen molar-refractivity contribution in [1.29, 1.82) is 0 Å². The lowest BCUT2D eigenvalue weighted by Gasteiger charge is -2.23. The van der Waals surface area contributed by atoms with Gasteiger partial charge in [0.25, 0.3) is 0 Å². The van der Waals surface area contributed by atoms with Crippen molar-refractivity contribution in [2.24, 2.45) is 17.8 Å². The average Bonchev–Trinajstić information content (AvgIpc) is 2.28. The van der Waals surface area contributed by atoms with E-state index in [1.807, 2.05) is 6.08 Å². The minimum Gasteiger partial charge on any atom is -0.396 e. The van der Waals surface area contributed by atoms with Gasteiger partial charge >= 0.3 is 0 Å². The molecule has 0 heterocycles. The zero-order chi connectivity index (χ0) is 12.4. The number of hydrogen-bond acceptors (Lipinski definition) is 2. The highest BCUT2D eigenvalue weighted by molar-refractivity contribution is 4.73. The molecule has 0 radical (unpaired) electrons. The van der Waals surface area contributed by atoms with Crippen molar-refractivity contribution in [1.82, 2.24) is 0 Å². The molecule has 0 aliphatic heterocycles. The molecule has 2 nitrogen and oxygen atoms in total. The molecule has 0 spiro atoms. The van der Waals surface area contributed by atoms with Gasteiger partial charge in [0.2, 0.25) is 0 Å². The summed E-state index contributed by atoms with van der Waals surface area (Å²) in [6.07, 6.45) is 7.29. The van der Waals surface area contributed by atoms with Crippen LogP contribution in [-0.2, 0) is 0 Å². The molecule has 3 atom stereocenters. The van der Waals surface area contributed by atoms with Crippen LogP contribution in [0.15, 0.2) is 12.7 Å². The molecule has 0 amide bonds. The highest BCUT2D eigenvalue weighted by Gasteiger charge is 2.16. The Labute approximate surface area is 100 Å². The summed E-state index contributed by atoms with van der Waals surface area (Å²) >= 11 is 0. The number of rotatable bonds is 10. The zero-order valence-electron chi connectivity index (χ0n) is 10.9. The van der Waals surface area contributed by atoms with Gasteiger partial charge in [-0.3, -0.25) is 0 Å². The van der Waals surface area contributed by atoms with E-state index >= 15 is 0 Å². The van der Waals surface area contributed by atoms with Crippen molar-refractivity contribution >= 4 is 0 Å². The SMILES string of the molecule is C=CCCC(CCC(C)CCO)C(C)CO. The van der Waals surface area contributed by atoms with E-state index in [1.165, 1.54) is 0 Å². The molecule has 0 aliphatic rings. The number of aliphatic hydroxyl groups is 2.